The van der Waals surface area contributed by atoms with E-state index in [2.05, 4.69) is 22.5 Å². The molecule has 1 fully saturated rings. The Labute approximate surface area is 195 Å². The number of amides is 3. The Bertz CT molecular complexity index is 1220. The van der Waals surface area contributed by atoms with Gasteiger partial charge >= 0.3 is 0 Å². The van der Waals surface area contributed by atoms with Gasteiger partial charge in [0.05, 0.1) is 4.90 Å². The Morgan fingerprint density at radius 2 is 1.78 bits per heavy atom. The van der Waals surface area contributed by atoms with Crippen LogP contribution in [0.25, 0.3) is 0 Å². The highest BCUT2D eigenvalue weighted by Gasteiger charge is 2.57. The minimum Gasteiger partial charge on any atom is -0.326 e. The summed E-state index contributed by atoms with van der Waals surface area (Å²) in [5, 5.41) is 4.53. The van der Waals surface area contributed by atoms with E-state index in [0.717, 1.165) is 5.56 Å². The molecule has 2 aromatic carbocycles. The maximum Gasteiger partial charge on any atom is 0.287 e. The highest BCUT2D eigenvalue weighted by molar-refractivity contribution is 8.25. The van der Waals surface area contributed by atoms with Crippen molar-refractivity contribution >= 4 is 55.9 Å². The van der Waals surface area contributed by atoms with Crippen molar-refractivity contribution in [1.29, 1.82) is 0 Å². The van der Waals surface area contributed by atoms with Gasteiger partial charge in [0.1, 0.15) is 0 Å². The predicted molar refractivity (Wildman–Crippen MR) is 124 cm³/mol. The summed E-state index contributed by atoms with van der Waals surface area (Å²) < 4.78 is 24.8. The lowest BCUT2D eigenvalue weighted by atomic mass is 10.1. The quantitative estimate of drug-likeness (QED) is 0.468. The first-order valence-electron chi connectivity index (χ1n) is 9.55. The fourth-order valence-electron chi connectivity index (χ4n) is 3.10. The highest BCUT2D eigenvalue weighted by Crippen LogP contribution is 2.44. The molecule has 7 nitrogen and oxygen atoms in total. The summed E-state index contributed by atoms with van der Waals surface area (Å²) in [5.74, 6) is 4.75. The second kappa shape index (κ2) is 9.77. The van der Waals surface area contributed by atoms with Gasteiger partial charge in [0.25, 0.3) is 11.1 Å². The van der Waals surface area contributed by atoms with Crippen LogP contribution in [0.3, 0.4) is 0 Å². The average molecular weight is 491 g/mol. The third-order valence-electron chi connectivity index (χ3n) is 4.62. The van der Waals surface area contributed by atoms with E-state index in [9.17, 15) is 22.8 Å². The monoisotopic (exact) mass is 490 g/mol. The first-order valence-corrected chi connectivity index (χ1v) is 12.2. The van der Waals surface area contributed by atoms with Crippen molar-refractivity contribution < 1.29 is 22.8 Å². The molecule has 0 saturated carbocycles. The van der Waals surface area contributed by atoms with E-state index in [4.69, 9.17) is 11.6 Å². The van der Waals surface area contributed by atoms with Crippen LogP contribution in [0.5, 0.6) is 0 Å². The van der Waals surface area contributed by atoms with E-state index in [0.29, 0.717) is 28.9 Å². The molecule has 1 atom stereocenters. The molecular weight excluding hydrogens is 472 g/mol. The Morgan fingerprint density at radius 3 is 2.34 bits per heavy atom. The number of sulfone groups is 1. The zero-order valence-electron chi connectivity index (χ0n) is 17.0. The van der Waals surface area contributed by atoms with Gasteiger partial charge in [0.15, 0.2) is 0 Å². The zero-order valence-corrected chi connectivity index (χ0v) is 19.4. The van der Waals surface area contributed by atoms with Gasteiger partial charge in [-0.25, -0.2) is 8.42 Å². The van der Waals surface area contributed by atoms with Gasteiger partial charge in [-0.15, -0.1) is 0 Å². The lowest BCUT2D eigenvalue weighted by Crippen LogP contribution is -2.43. The van der Waals surface area contributed by atoms with Crippen LogP contribution in [0.15, 0.2) is 53.4 Å². The maximum atomic E-state index is 13.4. The third kappa shape index (κ3) is 5.15. The van der Waals surface area contributed by atoms with Gasteiger partial charge in [-0.2, -0.15) is 0 Å². The largest absolute Gasteiger partial charge is 0.326 e. The summed E-state index contributed by atoms with van der Waals surface area (Å²) in [7, 11) is -4.22. The molecule has 3 rings (SSSR count). The number of carbonyl (C=O) groups is 3. The Morgan fingerprint density at radius 1 is 1.12 bits per heavy atom. The molecule has 0 bridgehead atoms. The fraction of sp³-hybridized carbons (Fsp3) is 0.227. The number of hydrogen-bond acceptors (Lipinski definition) is 6. The number of nitrogens with one attached hydrogen (secondary N) is 2. The SMILES string of the molecule is CC(=O)Nc1ccc(S(=O)(=O)C2(CCCC#Cc3ccc(Cl)cc3)SC(=O)NC2=O)cc1. The first-order chi connectivity index (χ1) is 15.1. The number of hydrogen-bond donors (Lipinski definition) is 2. The lowest BCUT2D eigenvalue weighted by molar-refractivity contribution is -0.120. The number of thioether (sulfide) groups is 1. The van der Waals surface area contributed by atoms with Gasteiger partial charge in [0.2, 0.25) is 19.8 Å². The van der Waals surface area contributed by atoms with Crippen molar-refractivity contribution in [3.05, 3.63) is 59.1 Å². The molecule has 32 heavy (non-hydrogen) atoms. The number of anilines is 1. The van der Waals surface area contributed by atoms with E-state index < -0.39 is 25.1 Å². The van der Waals surface area contributed by atoms with Gasteiger partial charge in [-0.05, 0) is 73.1 Å². The second-order valence-electron chi connectivity index (χ2n) is 6.97. The van der Waals surface area contributed by atoms with Crippen molar-refractivity contribution in [2.75, 3.05) is 5.32 Å². The molecule has 3 amide bonds. The summed E-state index contributed by atoms with van der Waals surface area (Å²) in [6.07, 6.45) is 0.543. The van der Waals surface area contributed by atoms with E-state index >= 15 is 0 Å². The Balaban J connectivity index is 1.79. The van der Waals surface area contributed by atoms with Crippen LogP contribution in [-0.2, 0) is 19.4 Å². The van der Waals surface area contributed by atoms with Crippen molar-refractivity contribution in [2.24, 2.45) is 0 Å². The third-order valence-corrected chi connectivity index (χ3v) is 8.94. The van der Waals surface area contributed by atoms with E-state index in [1.165, 1.54) is 31.2 Å². The minimum atomic E-state index is -4.22. The zero-order chi connectivity index (χ0) is 23.4. The Hall–Kier alpha value is -2.80. The number of imide groups is 1. The lowest BCUT2D eigenvalue weighted by Gasteiger charge is -2.24. The van der Waals surface area contributed by atoms with E-state index in [1.807, 2.05) is 0 Å². The molecule has 2 aromatic rings. The molecule has 0 radical (unpaired) electrons. The molecule has 1 saturated heterocycles. The average Bonchev–Trinajstić information content (AvgIpc) is 3.03. The molecule has 0 aromatic heterocycles. The summed E-state index contributed by atoms with van der Waals surface area (Å²) in [6.45, 7) is 1.33. The molecule has 1 unspecified atom stereocenters. The maximum absolute atomic E-state index is 13.4. The van der Waals surface area contributed by atoms with Crippen LogP contribution in [0.1, 0.15) is 31.7 Å². The number of rotatable bonds is 6. The van der Waals surface area contributed by atoms with Crippen LogP contribution in [-0.4, -0.2) is 29.6 Å². The molecule has 10 heteroatoms. The molecular formula is C22H19ClN2O5S2. The minimum absolute atomic E-state index is 0.0830. The van der Waals surface area contributed by atoms with Crippen molar-refractivity contribution in [1.82, 2.24) is 5.32 Å². The van der Waals surface area contributed by atoms with Gasteiger partial charge < -0.3 is 5.32 Å². The molecule has 1 aliphatic heterocycles. The van der Waals surface area contributed by atoms with Crippen LogP contribution in [0.2, 0.25) is 5.02 Å². The van der Waals surface area contributed by atoms with E-state index in [1.54, 1.807) is 24.3 Å². The predicted octanol–water partition coefficient (Wildman–Crippen LogP) is 3.97. The molecule has 166 valence electrons. The summed E-state index contributed by atoms with van der Waals surface area (Å²) in [4.78, 5) is 35.6. The number of unbranched alkanes of at least 4 members (excludes halogenated alkanes) is 1. The molecule has 0 spiro atoms. The summed E-state index contributed by atoms with van der Waals surface area (Å²) in [6, 6.07) is 12.4. The van der Waals surface area contributed by atoms with Crippen LogP contribution >= 0.6 is 23.4 Å². The number of halogens is 1. The van der Waals surface area contributed by atoms with Crippen molar-refractivity contribution in [2.45, 2.75) is 35.2 Å². The van der Waals surface area contributed by atoms with Gasteiger partial charge in [-0.1, -0.05) is 23.4 Å². The Kier molecular flexibility index (Phi) is 7.29. The molecule has 0 aliphatic carbocycles. The molecule has 1 aliphatic rings. The first kappa shape index (κ1) is 23.9. The summed E-state index contributed by atoms with van der Waals surface area (Å²) >= 11 is 6.32. The smallest absolute Gasteiger partial charge is 0.287 e. The van der Waals surface area contributed by atoms with Crippen molar-refractivity contribution in [3.8, 4) is 11.8 Å². The number of benzene rings is 2. The van der Waals surface area contributed by atoms with E-state index in [-0.39, 0.29) is 23.6 Å². The normalized spacial score (nSPS) is 17.9. The number of carbonyl (C=O) groups excluding carboxylic acids is 3. The van der Waals surface area contributed by atoms with Crippen LogP contribution < -0.4 is 10.6 Å². The highest BCUT2D eigenvalue weighted by atomic mass is 35.5. The fourth-order valence-corrected chi connectivity index (χ4v) is 6.60. The van der Waals surface area contributed by atoms with Gasteiger partial charge in [0, 0.05) is 29.6 Å². The molecule has 1 heterocycles. The van der Waals surface area contributed by atoms with Crippen molar-refractivity contribution in [3.63, 3.8) is 0 Å². The van der Waals surface area contributed by atoms with Crippen LogP contribution in [0.4, 0.5) is 10.5 Å². The van der Waals surface area contributed by atoms with Crippen LogP contribution in [0, 0.1) is 11.8 Å². The van der Waals surface area contributed by atoms with Gasteiger partial charge in [-0.3, -0.25) is 19.7 Å². The topological polar surface area (TPSA) is 109 Å². The molecule has 2 N–H and O–H groups in total. The second-order valence-corrected chi connectivity index (χ2v) is 11.1. The standard InChI is InChI=1S/C22H19ClN2O5S2/c1-15(26)24-18-10-12-19(13-11-18)32(29,30)22(20(27)25-21(28)31-22)14-4-2-3-5-16-6-8-17(23)9-7-16/h6-13H,2,4,14H2,1H3,(H,24,26)(H,25,27,28). The summed E-state index contributed by atoms with van der Waals surface area (Å²) in [5.41, 5.74) is 1.18.